The minimum absolute atomic E-state index is 0.0316. The van der Waals surface area contributed by atoms with Crippen LogP contribution in [0.4, 0.5) is 5.69 Å². The second-order valence-electron chi connectivity index (χ2n) is 7.04. The van der Waals surface area contributed by atoms with E-state index < -0.39 is 12.1 Å². The van der Waals surface area contributed by atoms with Crippen LogP contribution in [0, 0.1) is 0 Å². The molecule has 1 fully saturated rings. The average Bonchev–Trinajstić information content (AvgIpc) is 2.77. The minimum atomic E-state index is -1.00. The number of rotatable bonds is 8. The van der Waals surface area contributed by atoms with Crippen LogP contribution in [0.2, 0.25) is 5.02 Å². The standard InChI is InChI=1S/C22H25ClN2O5/c1-29-20(22(27)28)14-16-2-8-19(9-3-16)30-15-21(26)25-12-10-24(11-13-25)18-6-4-17(23)5-7-18/h2-9,20H,10-15H2,1H3,(H,27,28)/t20-/m0/s1. The molecule has 1 atom stereocenters. The number of piperazine rings is 1. The summed E-state index contributed by atoms with van der Waals surface area (Å²) < 4.78 is 10.6. The highest BCUT2D eigenvalue weighted by atomic mass is 35.5. The molecule has 0 bridgehead atoms. The lowest BCUT2D eigenvalue weighted by Gasteiger charge is -2.36. The van der Waals surface area contributed by atoms with E-state index in [1.54, 1.807) is 29.2 Å². The number of ether oxygens (including phenoxy) is 2. The molecule has 1 amide bonds. The molecule has 30 heavy (non-hydrogen) atoms. The van der Waals surface area contributed by atoms with Crippen LogP contribution >= 0.6 is 11.6 Å². The normalized spacial score (nSPS) is 15.0. The summed E-state index contributed by atoms with van der Waals surface area (Å²) in [5, 5.41) is 9.76. The minimum Gasteiger partial charge on any atom is -0.484 e. The maximum absolute atomic E-state index is 12.5. The largest absolute Gasteiger partial charge is 0.484 e. The van der Waals surface area contributed by atoms with Gasteiger partial charge in [-0.3, -0.25) is 4.79 Å². The number of amides is 1. The quantitative estimate of drug-likeness (QED) is 0.691. The lowest BCUT2D eigenvalue weighted by molar-refractivity contribution is -0.148. The van der Waals surface area contributed by atoms with Crippen LogP contribution in [0.1, 0.15) is 5.56 Å². The summed E-state index contributed by atoms with van der Waals surface area (Å²) >= 11 is 5.94. The van der Waals surface area contributed by atoms with Crippen molar-refractivity contribution in [3.63, 3.8) is 0 Å². The van der Waals surface area contributed by atoms with Crippen LogP contribution in [0.3, 0.4) is 0 Å². The molecular formula is C22H25ClN2O5. The van der Waals surface area contributed by atoms with E-state index in [2.05, 4.69) is 4.90 Å². The van der Waals surface area contributed by atoms with Crippen LogP contribution in [-0.4, -0.2) is 67.9 Å². The van der Waals surface area contributed by atoms with Gasteiger partial charge in [-0.1, -0.05) is 23.7 Å². The maximum atomic E-state index is 12.5. The second kappa shape index (κ2) is 10.3. The highest BCUT2D eigenvalue weighted by Gasteiger charge is 2.22. The van der Waals surface area contributed by atoms with E-state index in [-0.39, 0.29) is 18.9 Å². The summed E-state index contributed by atoms with van der Waals surface area (Å²) in [6, 6.07) is 14.7. The number of hydrogen-bond acceptors (Lipinski definition) is 5. The van der Waals surface area contributed by atoms with Crippen molar-refractivity contribution < 1.29 is 24.2 Å². The number of nitrogens with zero attached hydrogens (tertiary/aromatic N) is 2. The Morgan fingerprint density at radius 3 is 2.23 bits per heavy atom. The van der Waals surface area contributed by atoms with Crippen molar-refractivity contribution in [3.8, 4) is 5.75 Å². The van der Waals surface area contributed by atoms with Gasteiger partial charge in [0.15, 0.2) is 12.7 Å². The molecular weight excluding hydrogens is 408 g/mol. The van der Waals surface area contributed by atoms with E-state index in [0.717, 1.165) is 24.3 Å². The number of benzene rings is 2. The number of aliphatic carboxylic acids is 1. The van der Waals surface area contributed by atoms with Gasteiger partial charge in [0.1, 0.15) is 5.75 Å². The Labute approximate surface area is 180 Å². The molecule has 0 spiro atoms. The topological polar surface area (TPSA) is 79.3 Å². The fourth-order valence-electron chi connectivity index (χ4n) is 3.31. The predicted octanol–water partition coefficient (Wildman–Crippen LogP) is 2.71. The van der Waals surface area contributed by atoms with Gasteiger partial charge < -0.3 is 24.4 Å². The molecule has 3 rings (SSSR count). The Morgan fingerprint density at radius 1 is 1.03 bits per heavy atom. The van der Waals surface area contributed by atoms with E-state index in [1.165, 1.54) is 7.11 Å². The van der Waals surface area contributed by atoms with E-state index in [9.17, 15) is 9.59 Å². The molecule has 1 aliphatic heterocycles. The van der Waals surface area contributed by atoms with E-state index >= 15 is 0 Å². The van der Waals surface area contributed by atoms with Gasteiger partial charge >= 0.3 is 5.97 Å². The molecule has 0 aromatic heterocycles. The second-order valence-corrected chi connectivity index (χ2v) is 7.48. The SMILES string of the molecule is CO[C@@H](Cc1ccc(OCC(=O)N2CCN(c3ccc(Cl)cc3)CC2)cc1)C(=O)O. The van der Waals surface area contributed by atoms with Gasteiger partial charge in [-0.05, 0) is 42.0 Å². The summed E-state index contributed by atoms with van der Waals surface area (Å²) in [6.45, 7) is 2.75. The lowest BCUT2D eigenvalue weighted by atomic mass is 10.1. The first-order valence-electron chi connectivity index (χ1n) is 9.72. The number of carbonyl (C=O) groups is 2. The van der Waals surface area contributed by atoms with Crippen molar-refractivity contribution in [3.05, 3.63) is 59.1 Å². The number of carboxylic acids is 1. The molecule has 1 N–H and O–H groups in total. The molecule has 2 aromatic carbocycles. The molecule has 0 radical (unpaired) electrons. The number of hydrogen-bond donors (Lipinski definition) is 1. The predicted molar refractivity (Wildman–Crippen MR) is 114 cm³/mol. The summed E-state index contributed by atoms with van der Waals surface area (Å²) in [7, 11) is 1.37. The van der Waals surface area contributed by atoms with Gasteiger partial charge in [-0.15, -0.1) is 0 Å². The number of halogens is 1. The average molecular weight is 433 g/mol. The highest BCUT2D eigenvalue weighted by Crippen LogP contribution is 2.20. The molecule has 1 aliphatic rings. The molecule has 160 valence electrons. The molecule has 0 aliphatic carbocycles. The molecule has 8 heteroatoms. The molecule has 1 heterocycles. The zero-order valence-electron chi connectivity index (χ0n) is 16.8. The van der Waals surface area contributed by atoms with Crippen molar-refractivity contribution >= 4 is 29.2 Å². The van der Waals surface area contributed by atoms with Crippen molar-refractivity contribution in [2.75, 3.05) is 44.8 Å². The van der Waals surface area contributed by atoms with Gasteiger partial charge in [-0.25, -0.2) is 4.79 Å². The summed E-state index contributed by atoms with van der Waals surface area (Å²) in [5.41, 5.74) is 1.92. The van der Waals surface area contributed by atoms with Crippen molar-refractivity contribution in [1.82, 2.24) is 4.90 Å². The van der Waals surface area contributed by atoms with Crippen molar-refractivity contribution in [1.29, 1.82) is 0 Å². The van der Waals surface area contributed by atoms with Gasteiger partial charge in [-0.2, -0.15) is 0 Å². The first-order valence-corrected chi connectivity index (χ1v) is 10.1. The molecule has 7 nitrogen and oxygen atoms in total. The number of anilines is 1. The zero-order valence-corrected chi connectivity index (χ0v) is 17.5. The Bertz CT molecular complexity index is 849. The van der Waals surface area contributed by atoms with Gasteiger partial charge in [0.25, 0.3) is 5.91 Å². The maximum Gasteiger partial charge on any atom is 0.333 e. The number of carboxylic acid groups (broad SMARTS) is 1. The van der Waals surface area contributed by atoms with Crippen LogP contribution in [-0.2, 0) is 20.7 Å². The number of carbonyl (C=O) groups excluding carboxylic acids is 1. The first-order chi connectivity index (χ1) is 14.5. The zero-order chi connectivity index (χ0) is 21.5. The van der Waals surface area contributed by atoms with Gasteiger partial charge in [0.2, 0.25) is 0 Å². The van der Waals surface area contributed by atoms with E-state index in [0.29, 0.717) is 23.9 Å². The van der Waals surface area contributed by atoms with E-state index in [4.69, 9.17) is 26.2 Å². The Hall–Kier alpha value is -2.77. The third kappa shape index (κ3) is 5.87. The third-order valence-electron chi connectivity index (χ3n) is 5.09. The van der Waals surface area contributed by atoms with Crippen LogP contribution < -0.4 is 9.64 Å². The first kappa shape index (κ1) is 21.9. The fourth-order valence-corrected chi connectivity index (χ4v) is 3.44. The summed E-state index contributed by atoms with van der Waals surface area (Å²) in [5.74, 6) is -0.490. The Morgan fingerprint density at radius 2 is 1.67 bits per heavy atom. The lowest BCUT2D eigenvalue weighted by Crippen LogP contribution is -2.50. The van der Waals surface area contributed by atoms with Gasteiger partial charge in [0, 0.05) is 50.4 Å². The smallest absolute Gasteiger partial charge is 0.333 e. The molecule has 1 saturated heterocycles. The van der Waals surface area contributed by atoms with Crippen molar-refractivity contribution in [2.24, 2.45) is 0 Å². The molecule has 0 saturated carbocycles. The van der Waals surface area contributed by atoms with Crippen LogP contribution in [0.25, 0.3) is 0 Å². The molecule has 2 aromatic rings. The Balaban J connectivity index is 1.44. The fraction of sp³-hybridized carbons (Fsp3) is 0.364. The van der Waals surface area contributed by atoms with Crippen LogP contribution in [0.15, 0.2) is 48.5 Å². The summed E-state index contributed by atoms with van der Waals surface area (Å²) in [4.78, 5) is 27.5. The monoisotopic (exact) mass is 432 g/mol. The van der Waals surface area contributed by atoms with Crippen molar-refractivity contribution in [2.45, 2.75) is 12.5 Å². The van der Waals surface area contributed by atoms with Gasteiger partial charge in [0.05, 0.1) is 0 Å². The molecule has 0 unspecified atom stereocenters. The highest BCUT2D eigenvalue weighted by molar-refractivity contribution is 6.30. The van der Waals surface area contributed by atoms with Crippen LogP contribution in [0.5, 0.6) is 5.75 Å². The summed E-state index contributed by atoms with van der Waals surface area (Å²) in [6.07, 6.45) is -0.618. The third-order valence-corrected chi connectivity index (χ3v) is 5.34. The number of methoxy groups -OCH3 is 1. The van der Waals surface area contributed by atoms with E-state index in [1.807, 2.05) is 24.3 Å². The Kier molecular flexibility index (Phi) is 7.54.